The van der Waals surface area contributed by atoms with Crippen molar-refractivity contribution in [3.8, 4) is 39.1 Å². The lowest BCUT2D eigenvalue weighted by atomic mass is 9.93. The van der Waals surface area contributed by atoms with Crippen LogP contribution in [-0.2, 0) is 0 Å². The van der Waals surface area contributed by atoms with Crippen LogP contribution in [-0.4, -0.2) is 4.57 Å². The van der Waals surface area contributed by atoms with Gasteiger partial charge in [-0.1, -0.05) is 135 Å². The molecule has 0 aliphatic heterocycles. The maximum atomic E-state index is 2.51. The third-order valence-corrected chi connectivity index (χ3v) is 10.9. The monoisotopic (exact) mass is 651 g/mol. The van der Waals surface area contributed by atoms with Crippen molar-refractivity contribution in [1.82, 2.24) is 4.57 Å². The Hall–Kier alpha value is -6.18. The normalized spacial score (nSPS) is 12.9. The van der Waals surface area contributed by atoms with Crippen molar-refractivity contribution in [2.45, 2.75) is 26.7 Å². The average Bonchev–Trinajstić information content (AvgIpc) is 3.82. The molecule has 0 amide bonds. The quantitative estimate of drug-likeness (QED) is 0.167. The number of nitrogens with zero attached hydrogens (tertiary/aromatic N) is 1. The number of para-hydroxylation sites is 1. The predicted octanol–water partition coefficient (Wildman–Crippen LogP) is 12.2. The third kappa shape index (κ3) is 4.55. The second kappa shape index (κ2) is 11.7. The van der Waals surface area contributed by atoms with E-state index in [0.717, 1.165) is 6.42 Å². The van der Waals surface area contributed by atoms with Crippen molar-refractivity contribution in [2.75, 3.05) is 0 Å². The van der Waals surface area contributed by atoms with E-state index < -0.39 is 0 Å². The summed E-state index contributed by atoms with van der Waals surface area (Å²) < 4.78 is 2.51. The molecule has 0 spiro atoms. The van der Waals surface area contributed by atoms with Crippen LogP contribution >= 0.6 is 0 Å². The molecule has 2 aliphatic carbocycles. The second-order valence-electron chi connectivity index (χ2n) is 13.6. The van der Waals surface area contributed by atoms with Crippen LogP contribution < -0.4 is 10.4 Å². The molecule has 11 rings (SSSR count). The molecule has 0 saturated heterocycles. The topological polar surface area (TPSA) is 4.93 Å². The van der Waals surface area contributed by atoms with Gasteiger partial charge < -0.3 is 4.57 Å². The van der Waals surface area contributed by atoms with E-state index in [0.29, 0.717) is 0 Å². The summed E-state index contributed by atoms with van der Waals surface area (Å²) >= 11 is 0. The minimum Gasteiger partial charge on any atom is -0.309 e. The Bertz CT molecular complexity index is 2890. The van der Waals surface area contributed by atoms with E-state index in [2.05, 4.69) is 168 Å². The summed E-state index contributed by atoms with van der Waals surface area (Å²) in [4.78, 5) is 0. The summed E-state index contributed by atoms with van der Waals surface area (Å²) in [5.41, 5.74) is 14.1. The van der Waals surface area contributed by atoms with Crippen LogP contribution in [0.2, 0.25) is 0 Å². The van der Waals surface area contributed by atoms with Crippen molar-refractivity contribution in [3.63, 3.8) is 0 Å². The average molecular weight is 652 g/mol. The van der Waals surface area contributed by atoms with Crippen LogP contribution in [0.4, 0.5) is 0 Å². The number of fused-ring (bicyclic) bond motifs is 10. The molecule has 51 heavy (non-hydrogen) atoms. The molecule has 1 nitrogen and oxygen atoms in total. The molecule has 0 bridgehead atoms. The molecule has 0 atom stereocenters. The highest BCUT2D eigenvalue weighted by Gasteiger charge is 2.27. The van der Waals surface area contributed by atoms with E-state index in [1.165, 1.54) is 105 Å². The lowest BCUT2D eigenvalue weighted by Crippen LogP contribution is -2.20. The van der Waals surface area contributed by atoms with Crippen molar-refractivity contribution in [2.24, 2.45) is 0 Å². The van der Waals surface area contributed by atoms with Crippen molar-refractivity contribution in [3.05, 3.63) is 174 Å². The van der Waals surface area contributed by atoms with Gasteiger partial charge in [-0.25, -0.2) is 0 Å². The van der Waals surface area contributed by atoms with Crippen molar-refractivity contribution in [1.29, 1.82) is 0 Å². The van der Waals surface area contributed by atoms with E-state index in [-0.39, 0.29) is 0 Å². The molecule has 1 heterocycles. The van der Waals surface area contributed by atoms with Crippen LogP contribution in [0.3, 0.4) is 0 Å². The van der Waals surface area contributed by atoms with Gasteiger partial charge in [0.2, 0.25) is 0 Å². The molecule has 0 fully saturated rings. The van der Waals surface area contributed by atoms with Gasteiger partial charge in [0.05, 0.1) is 11.0 Å². The molecule has 1 aromatic heterocycles. The first-order chi connectivity index (χ1) is 25.3. The van der Waals surface area contributed by atoms with Crippen LogP contribution in [0, 0.1) is 0 Å². The SMILES string of the molecule is C1=c2c3c(cc4c5ccccc5c5c(c6ccccc6n5-c5ccc(-c6cc(-c7ccccc7)cc(-c7ccccc7)c6)cc5)c24)C=3CC1.CC. The van der Waals surface area contributed by atoms with Gasteiger partial charge in [0, 0.05) is 21.8 Å². The molecule has 2 aliphatic rings. The Labute approximate surface area is 298 Å². The number of aromatic nitrogens is 1. The minimum absolute atomic E-state index is 1.12. The zero-order chi connectivity index (χ0) is 34.1. The first-order valence-electron chi connectivity index (χ1n) is 18.3. The number of rotatable bonds is 4. The van der Waals surface area contributed by atoms with Gasteiger partial charge in [-0.3, -0.25) is 0 Å². The smallest absolute Gasteiger partial charge is 0.0626 e. The molecule has 0 radical (unpaired) electrons. The molecular formula is C50H37N. The largest absolute Gasteiger partial charge is 0.309 e. The summed E-state index contributed by atoms with van der Waals surface area (Å²) in [7, 11) is 0. The van der Waals surface area contributed by atoms with Crippen LogP contribution in [0.5, 0.6) is 0 Å². The zero-order valence-corrected chi connectivity index (χ0v) is 28.9. The first-order valence-corrected chi connectivity index (χ1v) is 18.3. The molecule has 0 saturated carbocycles. The number of hydrogen-bond acceptors (Lipinski definition) is 0. The summed E-state index contributed by atoms with van der Waals surface area (Å²) in [6, 6.07) is 58.1. The van der Waals surface area contributed by atoms with Gasteiger partial charge in [-0.2, -0.15) is 0 Å². The predicted molar refractivity (Wildman–Crippen MR) is 219 cm³/mol. The third-order valence-electron chi connectivity index (χ3n) is 10.9. The Balaban J connectivity index is 0.00000161. The zero-order valence-electron chi connectivity index (χ0n) is 28.9. The molecule has 1 heteroatoms. The van der Waals surface area contributed by atoms with E-state index >= 15 is 0 Å². The first kappa shape index (κ1) is 29.7. The fourth-order valence-electron chi connectivity index (χ4n) is 8.64. The van der Waals surface area contributed by atoms with Crippen LogP contribution in [0.15, 0.2) is 158 Å². The second-order valence-corrected chi connectivity index (χ2v) is 13.6. The van der Waals surface area contributed by atoms with E-state index in [9.17, 15) is 0 Å². The molecule has 0 N–H and O–H groups in total. The Kier molecular flexibility index (Phi) is 6.82. The maximum Gasteiger partial charge on any atom is 0.0626 e. The highest BCUT2D eigenvalue weighted by Crippen LogP contribution is 2.43. The molecule has 9 aromatic rings. The van der Waals surface area contributed by atoms with Gasteiger partial charge in [0.25, 0.3) is 0 Å². The lowest BCUT2D eigenvalue weighted by molar-refractivity contribution is 1.13. The van der Waals surface area contributed by atoms with Crippen LogP contribution in [0.1, 0.15) is 32.3 Å². The Morgan fingerprint density at radius 1 is 0.451 bits per heavy atom. The maximum absolute atomic E-state index is 2.51. The van der Waals surface area contributed by atoms with Gasteiger partial charge in [-0.05, 0) is 126 Å². The summed E-state index contributed by atoms with van der Waals surface area (Å²) in [5.74, 6) is 0. The molecule has 0 unspecified atom stereocenters. The lowest BCUT2D eigenvalue weighted by Gasteiger charge is -2.14. The summed E-state index contributed by atoms with van der Waals surface area (Å²) in [6.45, 7) is 4.00. The summed E-state index contributed by atoms with van der Waals surface area (Å²) in [5, 5.41) is 11.1. The van der Waals surface area contributed by atoms with Gasteiger partial charge in [-0.15, -0.1) is 0 Å². The van der Waals surface area contributed by atoms with Crippen molar-refractivity contribution >= 4 is 55.0 Å². The van der Waals surface area contributed by atoms with E-state index in [1.807, 2.05) is 13.8 Å². The minimum atomic E-state index is 1.12. The van der Waals surface area contributed by atoms with E-state index in [1.54, 1.807) is 5.57 Å². The fourth-order valence-corrected chi connectivity index (χ4v) is 8.64. The van der Waals surface area contributed by atoms with Gasteiger partial charge >= 0.3 is 0 Å². The standard InChI is InChI=1S/C48H31N.C2H6/c1-3-12-30(13-4-1)33-26-34(31-14-5-2-6-15-31)28-35(27-33)32-22-24-36(25-23-32)49-44-21-10-9-18-40(44)47-46-41-20-11-19-38-43(45(38)41)29-42(46)37-16-7-8-17-39(37)48(47)49;1-2/h1-10,12-18,20-29H,11,19H2;1-2H3. The number of hydrogen-bond donors (Lipinski definition) is 0. The van der Waals surface area contributed by atoms with E-state index in [4.69, 9.17) is 0 Å². The molecule has 8 aromatic carbocycles. The Morgan fingerprint density at radius 2 is 1.00 bits per heavy atom. The highest BCUT2D eigenvalue weighted by atomic mass is 15.0. The Morgan fingerprint density at radius 3 is 1.65 bits per heavy atom. The van der Waals surface area contributed by atoms with Gasteiger partial charge in [0.15, 0.2) is 0 Å². The van der Waals surface area contributed by atoms with Crippen LogP contribution in [0.25, 0.3) is 94.1 Å². The van der Waals surface area contributed by atoms with Crippen molar-refractivity contribution < 1.29 is 0 Å². The highest BCUT2D eigenvalue weighted by molar-refractivity contribution is 6.32. The molecular weight excluding hydrogens is 615 g/mol. The fraction of sp³-hybridized carbons (Fsp3) is 0.0800. The number of benzene rings is 8. The molecule has 242 valence electrons. The van der Waals surface area contributed by atoms with Gasteiger partial charge in [0.1, 0.15) is 0 Å². The summed E-state index contributed by atoms with van der Waals surface area (Å²) in [6.07, 6.45) is 4.80.